The smallest absolute Gasteiger partial charge is 0.269 e. The van der Waals surface area contributed by atoms with E-state index in [2.05, 4.69) is 20.9 Å². The molecule has 0 saturated heterocycles. The highest BCUT2D eigenvalue weighted by Crippen LogP contribution is 2.23. The number of anilines is 2. The SMILES string of the molecule is O=C(CNc1ccccc1)NC1N=C(c2ccccc2)c2ccccc2NC1=O. The lowest BCUT2D eigenvalue weighted by molar-refractivity contribution is -0.125. The Hall–Kier alpha value is -3.93. The third kappa shape index (κ3) is 4.32. The normalized spacial score (nSPS) is 15.4. The van der Waals surface area contributed by atoms with E-state index in [0.29, 0.717) is 11.4 Å². The van der Waals surface area contributed by atoms with Crippen LogP contribution in [-0.2, 0) is 9.59 Å². The Morgan fingerprint density at radius 2 is 1.55 bits per heavy atom. The minimum Gasteiger partial charge on any atom is -0.376 e. The maximum atomic E-state index is 12.7. The van der Waals surface area contributed by atoms with Crippen LogP contribution in [0.5, 0.6) is 0 Å². The number of rotatable bonds is 5. The summed E-state index contributed by atoms with van der Waals surface area (Å²) < 4.78 is 0. The minimum atomic E-state index is -1.03. The molecule has 1 unspecified atom stereocenters. The number of fused-ring (bicyclic) bond motifs is 1. The molecule has 4 rings (SSSR count). The molecule has 1 aliphatic heterocycles. The van der Waals surface area contributed by atoms with Gasteiger partial charge in [0, 0.05) is 16.8 Å². The average Bonchev–Trinajstić information content (AvgIpc) is 2.90. The molecule has 0 fully saturated rings. The lowest BCUT2D eigenvalue weighted by Crippen LogP contribution is -2.44. The van der Waals surface area contributed by atoms with Gasteiger partial charge in [0.2, 0.25) is 12.1 Å². The molecule has 1 aliphatic rings. The van der Waals surface area contributed by atoms with E-state index >= 15 is 0 Å². The summed E-state index contributed by atoms with van der Waals surface area (Å²) in [6, 6.07) is 26.5. The second-order valence-electron chi connectivity index (χ2n) is 6.57. The predicted octanol–water partition coefficient (Wildman–Crippen LogP) is 3.03. The highest BCUT2D eigenvalue weighted by atomic mass is 16.2. The lowest BCUT2D eigenvalue weighted by Gasteiger charge is -2.14. The molecule has 0 aliphatic carbocycles. The third-order valence-electron chi connectivity index (χ3n) is 4.52. The summed E-state index contributed by atoms with van der Waals surface area (Å²) in [6.45, 7) is 0.0386. The van der Waals surface area contributed by atoms with Crippen LogP contribution >= 0.6 is 0 Å². The maximum Gasteiger partial charge on any atom is 0.269 e. The first-order valence-corrected chi connectivity index (χ1v) is 9.32. The summed E-state index contributed by atoms with van der Waals surface area (Å²) in [5.41, 5.74) is 3.83. The van der Waals surface area contributed by atoms with E-state index in [1.54, 1.807) is 0 Å². The van der Waals surface area contributed by atoms with Crippen LogP contribution < -0.4 is 16.0 Å². The summed E-state index contributed by atoms with van der Waals surface area (Å²) in [7, 11) is 0. The number of nitrogens with one attached hydrogen (secondary N) is 3. The first kappa shape index (κ1) is 18.4. The molecule has 6 heteroatoms. The van der Waals surface area contributed by atoms with E-state index in [0.717, 1.165) is 16.8 Å². The zero-order chi connectivity index (χ0) is 20.1. The molecule has 3 N–H and O–H groups in total. The van der Waals surface area contributed by atoms with Gasteiger partial charge in [-0.3, -0.25) is 9.59 Å². The topological polar surface area (TPSA) is 82.6 Å². The second kappa shape index (κ2) is 8.39. The number of nitrogens with zero attached hydrogens (tertiary/aromatic N) is 1. The highest BCUT2D eigenvalue weighted by Gasteiger charge is 2.26. The van der Waals surface area contributed by atoms with E-state index in [1.807, 2.05) is 84.9 Å². The van der Waals surface area contributed by atoms with Crippen molar-refractivity contribution in [2.24, 2.45) is 4.99 Å². The molecular formula is C23H20N4O2. The number of carbonyl (C=O) groups excluding carboxylic acids is 2. The molecular weight excluding hydrogens is 364 g/mol. The monoisotopic (exact) mass is 384 g/mol. The number of para-hydroxylation sites is 2. The van der Waals surface area contributed by atoms with Crippen molar-refractivity contribution in [3.63, 3.8) is 0 Å². The second-order valence-corrected chi connectivity index (χ2v) is 6.57. The van der Waals surface area contributed by atoms with Crippen LogP contribution in [-0.4, -0.2) is 30.2 Å². The summed E-state index contributed by atoms with van der Waals surface area (Å²) in [4.78, 5) is 29.8. The molecule has 2 amide bonds. The largest absolute Gasteiger partial charge is 0.376 e. The molecule has 3 aromatic carbocycles. The van der Waals surface area contributed by atoms with Crippen molar-refractivity contribution in [2.45, 2.75) is 6.17 Å². The van der Waals surface area contributed by atoms with Crippen LogP contribution in [0.3, 0.4) is 0 Å². The lowest BCUT2D eigenvalue weighted by atomic mass is 10.0. The standard InChI is InChI=1S/C23H20N4O2/c28-20(15-24-17-11-5-2-6-12-17)26-22-23(29)25-19-14-8-7-13-18(19)21(27-22)16-9-3-1-4-10-16/h1-14,22,24H,15H2,(H,25,29)(H,26,28). The van der Waals surface area contributed by atoms with Gasteiger partial charge in [0.25, 0.3) is 5.91 Å². The third-order valence-corrected chi connectivity index (χ3v) is 4.52. The van der Waals surface area contributed by atoms with Gasteiger partial charge in [-0.2, -0.15) is 0 Å². The molecule has 144 valence electrons. The molecule has 29 heavy (non-hydrogen) atoms. The van der Waals surface area contributed by atoms with Gasteiger partial charge < -0.3 is 16.0 Å². The van der Waals surface area contributed by atoms with Gasteiger partial charge >= 0.3 is 0 Å². The first-order chi connectivity index (χ1) is 14.2. The molecule has 0 spiro atoms. The molecule has 0 aromatic heterocycles. The quantitative estimate of drug-likeness (QED) is 0.632. The Labute approximate surface area is 168 Å². The van der Waals surface area contributed by atoms with Crippen LogP contribution in [0.2, 0.25) is 0 Å². The van der Waals surface area contributed by atoms with Crippen molar-refractivity contribution >= 4 is 28.9 Å². The maximum absolute atomic E-state index is 12.7. The van der Waals surface area contributed by atoms with Crippen molar-refractivity contribution in [1.29, 1.82) is 0 Å². The Balaban J connectivity index is 1.58. The Morgan fingerprint density at radius 3 is 2.31 bits per heavy atom. The molecule has 1 heterocycles. The van der Waals surface area contributed by atoms with Gasteiger partial charge in [0.05, 0.1) is 17.9 Å². The van der Waals surface area contributed by atoms with Crippen molar-refractivity contribution in [1.82, 2.24) is 5.32 Å². The number of carbonyl (C=O) groups is 2. The summed E-state index contributed by atoms with van der Waals surface area (Å²) in [5.74, 6) is -0.701. The van der Waals surface area contributed by atoms with E-state index < -0.39 is 6.17 Å². The minimum absolute atomic E-state index is 0.0386. The van der Waals surface area contributed by atoms with Gasteiger partial charge in [0.15, 0.2) is 0 Å². The van der Waals surface area contributed by atoms with E-state index in [9.17, 15) is 9.59 Å². The predicted molar refractivity (Wildman–Crippen MR) is 114 cm³/mol. The summed E-state index contributed by atoms with van der Waals surface area (Å²) in [6.07, 6.45) is -1.03. The van der Waals surface area contributed by atoms with Crippen molar-refractivity contribution in [2.75, 3.05) is 17.2 Å². The van der Waals surface area contributed by atoms with Crippen LogP contribution in [0.15, 0.2) is 89.9 Å². The highest BCUT2D eigenvalue weighted by molar-refractivity contribution is 6.19. The first-order valence-electron chi connectivity index (χ1n) is 9.32. The zero-order valence-corrected chi connectivity index (χ0v) is 15.6. The Kier molecular flexibility index (Phi) is 5.33. The van der Waals surface area contributed by atoms with Crippen LogP contribution in [0.4, 0.5) is 11.4 Å². The molecule has 0 saturated carbocycles. The molecule has 1 atom stereocenters. The summed E-state index contributed by atoms with van der Waals surface area (Å²) >= 11 is 0. The fourth-order valence-corrected chi connectivity index (χ4v) is 3.12. The fourth-order valence-electron chi connectivity index (χ4n) is 3.12. The zero-order valence-electron chi connectivity index (χ0n) is 15.6. The number of hydrogen-bond acceptors (Lipinski definition) is 4. The molecule has 6 nitrogen and oxygen atoms in total. The van der Waals surface area contributed by atoms with Gasteiger partial charge in [-0.05, 0) is 18.2 Å². The van der Waals surface area contributed by atoms with E-state index in [4.69, 9.17) is 0 Å². The van der Waals surface area contributed by atoms with E-state index in [1.165, 1.54) is 0 Å². The Morgan fingerprint density at radius 1 is 0.897 bits per heavy atom. The van der Waals surface area contributed by atoms with Crippen molar-refractivity contribution in [3.05, 3.63) is 96.1 Å². The van der Waals surface area contributed by atoms with Crippen molar-refractivity contribution < 1.29 is 9.59 Å². The fraction of sp³-hybridized carbons (Fsp3) is 0.0870. The number of amides is 2. The van der Waals surface area contributed by atoms with Gasteiger partial charge in [-0.15, -0.1) is 0 Å². The number of benzodiazepines with no additional fused rings is 1. The van der Waals surface area contributed by atoms with E-state index in [-0.39, 0.29) is 18.4 Å². The van der Waals surface area contributed by atoms with Crippen LogP contribution in [0.1, 0.15) is 11.1 Å². The number of aliphatic imine (C=N–C) groups is 1. The average molecular weight is 384 g/mol. The van der Waals surface area contributed by atoms with Gasteiger partial charge in [-0.25, -0.2) is 4.99 Å². The number of hydrogen-bond donors (Lipinski definition) is 3. The summed E-state index contributed by atoms with van der Waals surface area (Å²) in [5, 5.41) is 8.61. The molecule has 0 bridgehead atoms. The van der Waals surface area contributed by atoms with Gasteiger partial charge in [-0.1, -0.05) is 66.7 Å². The Bertz CT molecular complexity index is 1050. The van der Waals surface area contributed by atoms with Crippen molar-refractivity contribution in [3.8, 4) is 0 Å². The molecule has 0 radical (unpaired) electrons. The van der Waals surface area contributed by atoms with Crippen LogP contribution in [0.25, 0.3) is 0 Å². The van der Waals surface area contributed by atoms with Crippen LogP contribution in [0, 0.1) is 0 Å². The van der Waals surface area contributed by atoms with Gasteiger partial charge in [0.1, 0.15) is 0 Å². The number of benzene rings is 3. The molecule has 3 aromatic rings.